The molecule has 0 aromatic heterocycles. The molecule has 1 atom stereocenters. The molecule has 0 radical (unpaired) electrons. The number of nitro groups is 1. The van der Waals surface area contributed by atoms with Crippen LogP contribution in [0.1, 0.15) is 11.6 Å². The minimum atomic E-state index is -0.733. The fourth-order valence-corrected chi connectivity index (χ4v) is 1.58. The topological polar surface area (TPSA) is 90.4 Å². The van der Waals surface area contributed by atoms with E-state index >= 15 is 0 Å². The number of rotatable bonds is 5. The molecule has 0 spiro atoms. The average Bonchev–Trinajstić information content (AvgIpc) is 2.31. The molecule has 90 valence electrons. The summed E-state index contributed by atoms with van der Waals surface area (Å²) in [7, 11) is 1.64. The molecule has 0 aliphatic rings. The van der Waals surface area contributed by atoms with E-state index in [0.29, 0.717) is 5.56 Å². The standard InChI is InChI=1S/C11H13N3O3/c1-13(6-7-15)11(8-12)9-4-2-3-5-10(9)14(16)17/h2-5,11,15H,6-7H2,1H3. The number of para-hydroxylation sites is 1. The van der Waals surface area contributed by atoms with E-state index in [0.717, 1.165) is 0 Å². The van der Waals surface area contributed by atoms with E-state index < -0.39 is 11.0 Å². The molecule has 0 heterocycles. The second kappa shape index (κ2) is 5.94. The van der Waals surface area contributed by atoms with Crippen LogP contribution in [0.25, 0.3) is 0 Å². The van der Waals surface area contributed by atoms with Crippen molar-refractivity contribution in [1.29, 1.82) is 5.26 Å². The lowest BCUT2D eigenvalue weighted by molar-refractivity contribution is -0.385. The first kappa shape index (κ1) is 13.1. The number of likely N-dealkylation sites (N-methyl/N-ethyl adjacent to an activating group) is 1. The van der Waals surface area contributed by atoms with Crippen LogP contribution in [0.2, 0.25) is 0 Å². The van der Waals surface area contributed by atoms with Crippen LogP contribution in [-0.4, -0.2) is 35.1 Å². The van der Waals surface area contributed by atoms with Crippen LogP contribution in [0.15, 0.2) is 24.3 Å². The average molecular weight is 235 g/mol. The SMILES string of the molecule is CN(CCO)C(C#N)c1ccccc1[N+](=O)[O-]. The Kier molecular flexibility index (Phi) is 4.57. The summed E-state index contributed by atoms with van der Waals surface area (Å²) in [4.78, 5) is 11.9. The Balaban J connectivity index is 3.12. The minimum absolute atomic E-state index is 0.0798. The van der Waals surface area contributed by atoms with Crippen molar-refractivity contribution < 1.29 is 10.0 Å². The first-order valence-corrected chi connectivity index (χ1v) is 5.05. The molecule has 1 aromatic carbocycles. The van der Waals surface area contributed by atoms with Crippen molar-refractivity contribution in [1.82, 2.24) is 4.90 Å². The number of nitriles is 1. The van der Waals surface area contributed by atoms with Crippen LogP contribution < -0.4 is 0 Å². The van der Waals surface area contributed by atoms with Crippen molar-refractivity contribution in [2.75, 3.05) is 20.2 Å². The fraction of sp³-hybridized carbons (Fsp3) is 0.364. The van der Waals surface area contributed by atoms with Gasteiger partial charge in [-0.05, 0) is 13.1 Å². The molecule has 1 aromatic rings. The van der Waals surface area contributed by atoms with Gasteiger partial charge in [0.1, 0.15) is 6.04 Å². The molecule has 0 fully saturated rings. The third-order valence-electron chi connectivity index (χ3n) is 2.44. The maximum absolute atomic E-state index is 10.9. The molecule has 0 aliphatic heterocycles. The number of aliphatic hydroxyl groups is 1. The highest BCUT2D eigenvalue weighted by Gasteiger charge is 2.24. The molecule has 17 heavy (non-hydrogen) atoms. The molecular weight excluding hydrogens is 222 g/mol. The van der Waals surface area contributed by atoms with Gasteiger partial charge in [-0.1, -0.05) is 12.1 Å². The monoisotopic (exact) mass is 235 g/mol. The van der Waals surface area contributed by atoms with Crippen molar-refractivity contribution >= 4 is 5.69 Å². The second-order valence-corrected chi connectivity index (χ2v) is 3.55. The fourth-order valence-electron chi connectivity index (χ4n) is 1.58. The molecule has 0 bridgehead atoms. The molecule has 6 heteroatoms. The highest BCUT2D eigenvalue weighted by atomic mass is 16.6. The van der Waals surface area contributed by atoms with Crippen molar-refractivity contribution in [3.63, 3.8) is 0 Å². The number of nitrogens with zero attached hydrogens (tertiary/aromatic N) is 3. The van der Waals surface area contributed by atoms with Gasteiger partial charge in [0.15, 0.2) is 0 Å². The summed E-state index contributed by atoms with van der Waals surface area (Å²) < 4.78 is 0. The lowest BCUT2D eigenvalue weighted by Gasteiger charge is -2.21. The Morgan fingerprint density at radius 2 is 2.24 bits per heavy atom. The van der Waals surface area contributed by atoms with E-state index in [1.807, 2.05) is 6.07 Å². The molecule has 0 saturated carbocycles. The predicted octanol–water partition coefficient (Wildman–Crippen LogP) is 1.08. The van der Waals surface area contributed by atoms with Crippen molar-refractivity contribution in [3.05, 3.63) is 39.9 Å². The minimum Gasteiger partial charge on any atom is -0.395 e. The summed E-state index contributed by atoms with van der Waals surface area (Å²) >= 11 is 0. The maximum atomic E-state index is 10.9. The van der Waals surface area contributed by atoms with Crippen LogP contribution in [0.4, 0.5) is 5.69 Å². The van der Waals surface area contributed by atoms with Crippen molar-refractivity contribution in [2.24, 2.45) is 0 Å². The Morgan fingerprint density at radius 1 is 1.59 bits per heavy atom. The van der Waals surface area contributed by atoms with Crippen LogP contribution in [-0.2, 0) is 0 Å². The van der Waals surface area contributed by atoms with Gasteiger partial charge in [0.25, 0.3) is 5.69 Å². The third kappa shape index (κ3) is 3.00. The van der Waals surface area contributed by atoms with Crippen molar-refractivity contribution in [2.45, 2.75) is 6.04 Å². The summed E-state index contributed by atoms with van der Waals surface area (Å²) in [5, 5.41) is 28.8. The zero-order chi connectivity index (χ0) is 12.8. The normalized spacial score (nSPS) is 12.1. The highest BCUT2D eigenvalue weighted by Crippen LogP contribution is 2.27. The lowest BCUT2D eigenvalue weighted by atomic mass is 10.0. The molecule has 1 unspecified atom stereocenters. The van der Waals surface area contributed by atoms with Crippen LogP contribution >= 0.6 is 0 Å². The van der Waals surface area contributed by atoms with Gasteiger partial charge in [0.05, 0.1) is 23.2 Å². The maximum Gasteiger partial charge on any atom is 0.275 e. The highest BCUT2D eigenvalue weighted by molar-refractivity contribution is 5.44. The molecule has 0 saturated heterocycles. The summed E-state index contributed by atoms with van der Waals surface area (Å²) in [6, 6.07) is 7.41. The van der Waals surface area contributed by atoms with Crippen molar-refractivity contribution in [3.8, 4) is 6.07 Å². The number of benzene rings is 1. The van der Waals surface area contributed by atoms with Gasteiger partial charge in [0, 0.05) is 12.6 Å². The molecule has 1 rings (SSSR count). The predicted molar refractivity (Wildman–Crippen MR) is 61.2 cm³/mol. The van der Waals surface area contributed by atoms with Crippen LogP contribution in [0.5, 0.6) is 0 Å². The number of hydrogen-bond donors (Lipinski definition) is 1. The first-order chi connectivity index (χ1) is 8.11. The Labute approximate surface area is 98.9 Å². The Morgan fingerprint density at radius 3 is 2.76 bits per heavy atom. The molecule has 0 aliphatic carbocycles. The Bertz CT molecular complexity index is 442. The van der Waals surface area contributed by atoms with Gasteiger partial charge < -0.3 is 5.11 Å². The zero-order valence-corrected chi connectivity index (χ0v) is 9.41. The Hall–Kier alpha value is -1.97. The van der Waals surface area contributed by atoms with Crippen LogP contribution in [0, 0.1) is 21.4 Å². The smallest absolute Gasteiger partial charge is 0.275 e. The summed E-state index contributed by atoms with van der Waals surface area (Å²) in [6.45, 7) is 0.180. The van der Waals surface area contributed by atoms with E-state index in [-0.39, 0.29) is 18.8 Å². The van der Waals surface area contributed by atoms with E-state index in [4.69, 9.17) is 10.4 Å². The number of nitro benzene ring substituents is 1. The molecular formula is C11H13N3O3. The van der Waals surface area contributed by atoms with Gasteiger partial charge in [-0.2, -0.15) is 5.26 Å². The summed E-state index contributed by atoms with van der Waals surface area (Å²) in [5.74, 6) is 0. The largest absolute Gasteiger partial charge is 0.395 e. The van der Waals surface area contributed by atoms with E-state index in [1.54, 1.807) is 30.1 Å². The van der Waals surface area contributed by atoms with E-state index in [2.05, 4.69) is 0 Å². The zero-order valence-electron chi connectivity index (χ0n) is 9.41. The van der Waals surface area contributed by atoms with E-state index in [9.17, 15) is 10.1 Å². The van der Waals surface area contributed by atoms with Crippen LogP contribution in [0.3, 0.4) is 0 Å². The van der Waals surface area contributed by atoms with Gasteiger partial charge >= 0.3 is 0 Å². The van der Waals surface area contributed by atoms with Gasteiger partial charge in [0.2, 0.25) is 0 Å². The van der Waals surface area contributed by atoms with Gasteiger partial charge in [-0.25, -0.2) is 0 Å². The second-order valence-electron chi connectivity index (χ2n) is 3.55. The summed E-state index contributed by atoms with van der Waals surface area (Å²) in [6.07, 6.45) is 0. The molecule has 0 amide bonds. The van der Waals surface area contributed by atoms with E-state index in [1.165, 1.54) is 6.07 Å². The number of hydrogen-bond acceptors (Lipinski definition) is 5. The number of aliphatic hydroxyl groups excluding tert-OH is 1. The molecule has 6 nitrogen and oxygen atoms in total. The third-order valence-corrected chi connectivity index (χ3v) is 2.44. The summed E-state index contributed by atoms with van der Waals surface area (Å²) in [5.41, 5.74) is 0.264. The lowest BCUT2D eigenvalue weighted by Crippen LogP contribution is -2.27. The van der Waals surface area contributed by atoms with Gasteiger partial charge in [-0.3, -0.25) is 15.0 Å². The first-order valence-electron chi connectivity index (χ1n) is 5.05. The molecule has 1 N–H and O–H groups in total. The quantitative estimate of drug-likeness (QED) is 0.609. The van der Waals surface area contributed by atoms with Gasteiger partial charge in [-0.15, -0.1) is 0 Å².